The third-order valence-electron chi connectivity index (χ3n) is 16.2. The summed E-state index contributed by atoms with van der Waals surface area (Å²) in [6, 6.07) is 38.2. The second-order valence-corrected chi connectivity index (χ2v) is 23.8. The van der Waals surface area contributed by atoms with Gasteiger partial charge in [-0.25, -0.2) is 4.98 Å². The zero-order valence-electron chi connectivity index (χ0n) is 57.1. The Morgan fingerprint density at radius 3 is 2.03 bits per heavy atom. The first-order valence-electron chi connectivity index (χ1n) is 32.1. The Morgan fingerprint density at radius 2 is 1.28 bits per heavy atom. The number of aromatic nitrogens is 2. The van der Waals surface area contributed by atoms with E-state index in [-0.39, 0.29) is 90.1 Å². The third kappa shape index (κ3) is 9.36. The zero-order valence-corrected chi connectivity index (χ0v) is 48.3. The van der Waals surface area contributed by atoms with Crippen LogP contribution in [0, 0.1) is 24.7 Å². The molecule has 2 aliphatic rings. The van der Waals surface area contributed by atoms with E-state index >= 15 is 0 Å². The Kier molecular flexibility index (Phi) is 10.5. The third-order valence-corrected chi connectivity index (χ3v) is 16.2. The van der Waals surface area contributed by atoms with Gasteiger partial charge in [0.2, 0.25) is 0 Å². The number of ether oxygens (including phenoxy) is 1. The summed E-state index contributed by atoms with van der Waals surface area (Å²) in [5.74, 6) is 1.99. The molecule has 1 aliphatic carbocycles. The molecule has 12 rings (SSSR count). The molecular weight excluding hydrogens is 1130 g/mol. The van der Waals surface area contributed by atoms with Crippen molar-refractivity contribution in [3.05, 3.63) is 223 Å². The maximum Gasteiger partial charge on any atom is 0.135 e. The summed E-state index contributed by atoms with van der Waals surface area (Å²) in [5.41, 5.74) is 4.88. The van der Waals surface area contributed by atoms with Gasteiger partial charge in [0.05, 0.1) is 15.1 Å². The normalized spacial score (nSPS) is 16.8. The van der Waals surface area contributed by atoms with Crippen molar-refractivity contribution in [2.45, 2.75) is 111 Å². The fraction of sp³-hybridized carbons (Fsp3) is 0.250. The van der Waals surface area contributed by atoms with Crippen molar-refractivity contribution in [3.8, 4) is 50.7 Å². The van der Waals surface area contributed by atoms with Crippen molar-refractivity contribution in [1.29, 1.82) is 0 Å². The molecule has 0 saturated heterocycles. The molecule has 5 nitrogen and oxygen atoms in total. The zero-order chi connectivity index (χ0) is 63.2. The molecule has 10 aromatic rings. The molecule has 1 aliphatic heterocycles. The van der Waals surface area contributed by atoms with Crippen LogP contribution < -0.4 is 14.5 Å². The van der Waals surface area contributed by atoms with Gasteiger partial charge >= 0.3 is 0 Å². The second kappa shape index (κ2) is 19.9. The number of benzene rings is 8. The number of pyridine rings is 1. The fourth-order valence-corrected chi connectivity index (χ4v) is 10.8. The van der Waals surface area contributed by atoms with Crippen LogP contribution in [0.15, 0.2) is 182 Å². The molecule has 0 unspecified atom stereocenters. The van der Waals surface area contributed by atoms with Crippen LogP contribution in [0.5, 0.6) is 11.5 Å². The monoisotopic (exact) mass is 1210 g/mol. The van der Waals surface area contributed by atoms with Gasteiger partial charge in [-0.2, -0.15) is 12.1 Å². The molecule has 2 aromatic heterocycles. The van der Waals surface area contributed by atoms with Crippen LogP contribution in [0.1, 0.15) is 126 Å². The average Bonchev–Trinajstić information content (AvgIpc) is 0.930. The SMILES string of the molecule is [2H]c1c([2H])c([2H])c(-c2c([2H])c(-c3cccc(-c4c([2H])c([2H])c5c(c4[2H])C(C)(C)CCC5(C)C)c3N3[CH-]N(c4[c-]c(Oc5[c-]c6c(cc5)c5ccccc5n6-c5cc(C(C)(C)C(C)C)ccn5)ccc4)c4ccccc43)c([2H])c(C(C)(C)C)c2[2H])c([2H])c1[2H].[Pt]. The molecule has 3 heterocycles. The van der Waals surface area contributed by atoms with Gasteiger partial charge in [0.25, 0.3) is 0 Å². The van der Waals surface area contributed by atoms with E-state index in [4.69, 9.17) is 16.6 Å². The van der Waals surface area contributed by atoms with Crippen molar-refractivity contribution in [2.24, 2.45) is 5.92 Å². The van der Waals surface area contributed by atoms with Crippen LogP contribution >= 0.6 is 0 Å². The molecule has 8 aromatic carbocycles. The molecule has 0 N–H and O–H groups in total. The molecule has 0 amide bonds. The van der Waals surface area contributed by atoms with Crippen molar-refractivity contribution in [3.63, 3.8) is 0 Å². The minimum absolute atomic E-state index is 0. The van der Waals surface area contributed by atoms with Gasteiger partial charge in [-0.3, -0.25) is 0 Å². The minimum Gasteiger partial charge on any atom is -0.509 e. The van der Waals surface area contributed by atoms with E-state index in [2.05, 4.69) is 96.4 Å². The topological polar surface area (TPSA) is 33.5 Å². The van der Waals surface area contributed by atoms with E-state index in [1.807, 2.05) is 110 Å². The first-order valence-corrected chi connectivity index (χ1v) is 26.6. The van der Waals surface area contributed by atoms with Gasteiger partial charge < -0.3 is 19.1 Å². The summed E-state index contributed by atoms with van der Waals surface area (Å²) in [7, 11) is 0. The summed E-state index contributed by atoms with van der Waals surface area (Å²) in [4.78, 5) is 8.75. The van der Waals surface area contributed by atoms with Crippen LogP contribution in [0.2, 0.25) is 0 Å². The summed E-state index contributed by atoms with van der Waals surface area (Å²) in [6.07, 6.45) is 3.37. The summed E-state index contributed by atoms with van der Waals surface area (Å²) < 4.78 is 113. The molecule has 0 radical (unpaired) electrons. The largest absolute Gasteiger partial charge is 0.509 e. The predicted octanol–water partition coefficient (Wildman–Crippen LogP) is 19.6. The minimum atomic E-state index is -0.946. The Morgan fingerprint density at radius 1 is 0.615 bits per heavy atom. The Labute approximate surface area is 492 Å². The van der Waals surface area contributed by atoms with E-state index in [0.29, 0.717) is 56.9 Å². The number of fused-ring (bicyclic) bond motifs is 5. The number of rotatable bonds is 10. The molecule has 0 spiro atoms. The van der Waals surface area contributed by atoms with Gasteiger partial charge in [-0.15, -0.1) is 48.1 Å². The molecule has 78 heavy (non-hydrogen) atoms. The number of hydrogen-bond donors (Lipinski definition) is 0. The first-order chi connectivity index (χ1) is 41.5. The smallest absolute Gasteiger partial charge is 0.135 e. The van der Waals surface area contributed by atoms with Crippen molar-refractivity contribution < 1.29 is 40.9 Å². The summed E-state index contributed by atoms with van der Waals surface area (Å²) >= 11 is 0. The van der Waals surface area contributed by atoms with Gasteiger partial charge in [0.1, 0.15) is 5.82 Å². The second-order valence-electron chi connectivity index (χ2n) is 23.8. The summed E-state index contributed by atoms with van der Waals surface area (Å²) in [5, 5.41) is 2.04. The maximum atomic E-state index is 10.3. The maximum absolute atomic E-state index is 10.3. The predicted molar refractivity (Wildman–Crippen MR) is 322 cm³/mol. The van der Waals surface area contributed by atoms with Gasteiger partial charge in [-0.05, 0) is 127 Å². The molecule has 0 saturated carbocycles. The van der Waals surface area contributed by atoms with Gasteiger partial charge in [0.15, 0.2) is 0 Å². The number of para-hydroxylation sites is 4. The van der Waals surface area contributed by atoms with Crippen molar-refractivity contribution >= 4 is 44.6 Å². The van der Waals surface area contributed by atoms with Crippen molar-refractivity contribution in [2.75, 3.05) is 9.80 Å². The Bertz CT molecular complexity index is 4540. The number of hydrogen-bond acceptors (Lipinski definition) is 4. The van der Waals surface area contributed by atoms with E-state index in [9.17, 15) is 8.22 Å². The van der Waals surface area contributed by atoms with Crippen LogP contribution in [-0.2, 0) is 42.7 Å². The molecule has 0 fully saturated rings. The van der Waals surface area contributed by atoms with Crippen LogP contribution in [-0.4, -0.2) is 9.55 Å². The summed E-state index contributed by atoms with van der Waals surface area (Å²) in [6.45, 7) is 24.6. The molecule has 0 atom stereocenters. The number of anilines is 4. The first kappa shape index (κ1) is 40.9. The van der Waals surface area contributed by atoms with Crippen molar-refractivity contribution in [1.82, 2.24) is 9.55 Å². The van der Waals surface area contributed by atoms with E-state index in [1.54, 1.807) is 18.2 Å². The molecule has 6 heteroatoms. The van der Waals surface area contributed by atoms with E-state index in [0.717, 1.165) is 40.5 Å². The van der Waals surface area contributed by atoms with E-state index < -0.39 is 52.5 Å². The van der Waals surface area contributed by atoms with Crippen LogP contribution in [0.3, 0.4) is 0 Å². The van der Waals surface area contributed by atoms with Crippen LogP contribution in [0.4, 0.5) is 22.7 Å². The molecule has 0 bridgehead atoms. The quantitative estimate of drug-likeness (QED) is 0.128. The van der Waals surface area contributed by atoms with Gasteiger partial charge in [-0.1, -0.05) is 191 Å². The average molecular weight is 1210 g/mol. The van der Waals surface area contributed by atoms with Gasteiger partial charge in [0, 0.05) is 72.5 Å². The Hall–Kier alpha value is -7.20. The molecular formula is C72H69N4OPt-3. The fourth-order valence-electron chi connectivity index (χ4n) is 10.8. The van der Waals surface area contributed by atoms with Crippen LogP contribution in [0.25, 0.3) is 61.0 Å². The molecule has 396 valence electrons. The number of nitrogens with zero attached hydrogens (tertiary/aromatic N) is 4. The van der Waals surface area contributed by atoms with E-state index in [1.165, 1.54) is 5.56 Å². The standard InChI is InChI=1S/C72H69N4O.Pt/c1-47(2)72(10,11)52-35-38-73-67(43-52)76-63-28-16-15-25-59(63)60-33-32-56(45-66(60)76)77-55-24-19-23-54(44-55)74-46-75(65-30-18-17-29-64(65)74)68-57(49-31-34-61-62(42-49)71(8,9)37-36-70(61,6)7)26-20-27-58(68)51-39-50(48-21-13-12-14-22-48)40-53(41-51)69(3,4)5;/h12-35,38-43,46-47H,36-37H2,1-11H3;/q-3;/i12D,13D,14D,21D,22D,31D,34D,39D,40D,41D,42D;. The Balaban J connectivity index is 0.00000817.